The third-order valence-electron chi connectivity index (χ3n) is 6.92. The molecule has 2 N–H and O–H groups in total. The predicted molar refractivity (Wildman–Crippen MR) is 146 cm³/mol. The maximum Gasteiger partial charge on any atom is 0.306 e. The van der Waals surface area contributed by atoms with Gasteiger partial charge in [0.05, 0.1) is 5.60 Å². The van der Waals surface area contributed by atoms with Crippen molar-refractivity contribution in [1.82, 2.24) is 0 Å². The monoisotopic (exact) mass is 512 g/mol. The van der Waals surface area contributed by atoms with Crippen molar-refractivity contribution in [2.24, 2.45) is 11.8 Å². The summed E-state index contributed by atoms with van der Waals surface area (Å²) in [4.78, 5) is 24.4. The van der Waals surface area contributed by atoms with Gasteiger partial charge in [0, 0.05) is 19.3 Å². The van der Waals surface area contributed by atoms with Crippen LogP contribution in [0.2, 0.25) is 0 Å². The number of esters is 2. The zero-order chi connectivity index (χ0) is 27.6. The molecule has 0 aromatic heterocycles. The van der Waals surface area contributed by atoms with E-state index in [4.69, 9.17) is 9.47 Å². The normalized spacial score (nSPS) is 30.5. The summed E-state index contributed by atoms with van der Waals surface area (Å²) in [6.45, 7) is 10.5. The molecule has 0 unspecified atom stereocenters. The number of ether oxygens (including phenoxy) is 2. The highest BCUT2D eigenvalue weighted by atomic mass is 16.6. The van der Waals surface area contributed by atoms with Gasteiger partial charge in [-0.1, -0.05) is 68.5 Å². The molecule has 1 aliphatic rings. The third kappa shape index (κ3) is 10.7. The van der Waals surface area contributed by atoms with Crippen molar-refractivity contribution in [3.05, 3.63) is 71.8 Å². The van der Waals surface area contributed by atoms with Crippen molar-refractivity contribution in [2.45, 2.75) is 97.1 Å². The van der Waals surface area contributed by atoms with Gasteiger partial charge < -0.3 is 19.7 Å². The summed E-state index contributed by atoms with van der Waals surface area (Å²) in [7, 11) is 0. The number of aryl methyl sites for hydroxylation is 1. The first kappa shape index (κ1) is 30.5. The lowest BCUT2D eigenvalue weighted by Gasteiger charge is -2.32. The number of aliphatic hydroxyl groups is 2. The summed E-state index contributed by atoms with van der Waals surface area (Å²) in [5, 5.41) is 21.8. The van der Waals surface area contributed by atoms with E-state index in [2.05, 4.69) is 0 Å². The average Bonchev–Trinajstić information content (AvgIpc) is 2.82. The number of carbonyl (C=O) groups excluding carboxylic acids is 2. The van der Waals surface area contributed by atoms with Crippen molar-refractivity contribution in [1.29, 1.82) is 0 Å². The molecule has 1 heterocycles. The van der Waals surface area contributed by atoms with Crippen LogP contribution in [0.25, 0.3) is 0 Å². The second-order valence-electron chi connectivity index (χ2n) is 11.0. The molecule has 6 heteroatoms. The summed E-state index contributed by atoms with van der Waals surface area (Å²) >= 11 is 0. The molecular formula is C31H44O6. The number of allylic oxidation sites excluding steroid dienone is 2. The van der Waals surface area contributed by atoms with E-state index < -0.39 is 29.4 Å². The Morgan fingerprint density at radius 2 is 1.89 bits per heavy atom. The van der Waals surface area contributed by atoms with Crippen molar-refractivity contribution in [3.8, 4) is 0 Å². The standard InChI is InChI=1S/C31H44O6/c1-22-16-20-31(6,35)27(36-25(4)32)15-14-24(3)29(37-28(33)21-22)23(2)11-10-18-30(5,34)19-17-26-12-8-7-9-13-26/h7-15,18,22,24,27,29,34-35H,16-17,19-21H2,1-6H3/b15-14+,18-10+,23-11+/t22-,24+,27+,29-,30+,31-/m1/s1. The number of benzene rings is 1. The molecule has 0 bridgehead atoms. The van der Waals surface area contributed by atoms with Gasteiger partial charge in [-0.25, -0.2) is 0 Å². The van der Waals surface area contributed by atoms with Gasteiger partial charge in [0.25, 0.3) is 0 Å². The Labute approximate surface area is 222 Å². The van der Waals surface area contributed by atoms with E-state index in [-0.39, 0.29) is 24.2 Å². The van der Waals surface area contributed by atoms with Crippen molar-refractivity contribution < 1.29 is 29.3 Å². The molecule has 0 saturated heterocycles. The lowest BCUT2D eigenvalue weighted by atomic mass is 9.87. The molecule has 0 saturated carbocycles. The number of hydrogen-bond donors (Lipinski definition) is 2. The lowest BCUT2D eigenvalue weighted by Crippen LogP contribution is -2.41. The van der Waals surface area contributed by atoms with Gasteiger partial charge in [-0.2, -0.15) is 0 Å². The van der Waals surface area contributed by atoms with Crippen molar-refractivity contribution in [3.63, 3.8) is 0 Å². The summed E-state index contributed by atoms with van der Waals surface area (Å²) in [5.41, 5.74) is -0.252. The molecule has 1 aliphatic heterocycles. The molecule has 0 spiro atoms. The van der Waals surface area contributed by atoms with Crippen LogP contribution in [0, 0.1) is 11.8 Å². The Hall–Kier alpha value is -2.70. The van der Waals surface area contributed by atoms with Gasteiger partial charge >= 0.3 is 11.9 Å². The Bertz CT molecular complexity index is 973. The van der Waals surface area contributed by atoms with Crippen LogP contribution in [0.5, 0.6) is 0 Å². The molecule has 6 atom stereocenters. The van der Waals surface area contributed by atoms with Crippen LogP contribution < -0.4 is 0 Å². The summed E-state index contributed by atoms with van der Waals surface area (Å²) < 4.78 is 11.3. The van der Waals surface area contributed by atoms with Crippen molar-refractivity contribution in [2.75, 3.05) is 0 Å². The number of hydrogen-bond acceptors (Lipinski definition) is 6. The van der Waals surface area contributed by atoms with Crippen LogP contribution in [-0.2, 0) is 25.5 Å². The first-order chi connectivity index (χ1) is 17.3. The van der Waals surface area contributed by atoms with E-state index in [0.717, 1.165) is 12.0 Å². The van der Waals surface area contributed by atoms with Crippen LogP contribution in [0.4, 0.5) is 0 Å². The minimum atomic E-state index is -1.26. The molecule has 1 aromatic rings. The Balaban J connectivity index is 2.22. The molecule has 2 rings (SSSR count). The molecule has 0 amide bonds. The van der Waals surface area contributed by atoms with Crippen molar-refractivity contribution >= 4 is 11.9 Å². The molecule has 0 radical (unpaired) electrons. The fourth-order valence-corrected chi connectivity index (χ4v) is 4.43. The van der Waals surface area contributed by atoms with Crippen LogP contribution in [-0.4, -0.2) is 45.6 Å². The second kappa shape index (κ2) is 13.7. The first-order valence-electron chi connectivity index (χ1n) is 13.2. The fraction of sp³-hybridized carbons (Fsp3) is 0.548. The van der Waals surface area contributed by atoms with Gasteiger partial charge in [0.1, 0.15) is 17.8 Å². The van der Waals surface area contributed by atoms with Gasteiger partial charge in [-0.05, 0) is 69.6 Å². The number of rotatable bonds is 7. The Morgan fingerprint density at radius 1 is 1.22 bits per heavy atom. The molecule has 1 aromatic carbocycles. The maximum atomic E-state index is 12.7. The molecule has 204 valence electrons. The van der Waals surface area contributed by atoms with E-state index in [1.54, 1.807) is 32.1 Å². The minimum absolute atomic E-state index is 0.000193. The van der Waals surface area contributed by atoms with Crippen LogP contribution >= 0.6 is 0 Å². The summed E-state index contributed by atoms with van der Waals surface area (Å²) in [5.74, 6) is -0.997. The predicted octanol–water partition coefficient (Wildman–Crippen LogP) is 5.48. The zero-order valence-corrected chi connectivity index (χ0v) is 23.1. The highest BCUT2D eigenvalue weighted by molar-refractivity contribution is 5.70. The number of carbonyl (C=O) groups is 2. The van der Waals surface area contributed by atoms with Crippen LogP contribution in [0.1, 0.15) is 72.8 Å². The SMILES string of the molecule is CC(=O)O[C@H]1/C=C/[C@H](C)[C@@H](/C(C)=C/C=C/[C@](C)(O)CCc2ccccc2)OC(=O)C[C@H](C)CC[C@@]1(C)O. The highest BCUT2D eigenvalue weighted by Crippen LogP contribution is 2.28. The van der Waals surface area contributed by atoms with Gasteiger partial charge in [0.15, 0.2) is 0 Å². The van der Waals surface area contributed by atoms with E-state index in [1.165, 1.54) is 12.5 Å². The second-order valence-corrected chi connectivity index (χ2v) is 11.0. The fourth-order valence-electron chi connectivity index (χ4n) is 4.43. The first-order valence-corrected chi connectivity index (χ1v) is 13.2. The largest absolute Gasteiger partial charge is 0.457 e. The average molecular weight is 513 g/mol. The minimum Gasteiger partial charge on any atom is -0.457 e. The molecule has 0 fully saturated rings. The molecule has 37 heavy (non-hydrogen) atoms. The summed E-state index contributed by atoms with van der Waals surface area (Å²) in [6, 6.07) is 10.0. The molecule has 0 aliphatic carbocycles. The third-order valence-corrected chi connectivity index (χ3v) is 6.92. The van der Waals surface area contributed by atoms with Gasteiger partial charge in [-0.3, -0.25) is 9.59 Å². The van der Waals surface area contributed by atoms with E-state index >= 15 is 0 Å². The Kier molecular flexibility index (Phi) is 11.3. The molecular weight excluding hydrogens is 468 g/mol. The topological polar surface area (TPSA) is 93.1 Å². The highest BCUT2D eigenvalue weighted by Gasteiger charge is 2.34. The van der Waals surface area contributed by atoms with E-state index in [9.17, 15) is 19.8 Å². The smallest absolute Gasteiger partial charge is 0.306 e. The van der Waals surface area contributed by atoms with Crippen LogP contribution in [0.15, 0.2) is 66.3 Å². The maximum absolute atomic E-state index is 12.7. The summed E-state index contributed by atoms with van der Waals surface area (Å²) in [6.07, 6.45) is 10.1. The van der Waals surface area contributed by atoms with Gasteiger partial charge in [-0.15, -0.1) is 0 Å². The zero-order valence-electron chi connectivity index (χ0n) is 23.1. The quantitative estimate of drug-likeness (QED) is 0.286. The molecule has 6 nitrogen and oxygen atoms in total. The van der Waals surface area contributed by atoms with Crippen LogP contribution in [0.3, 0.4) is 0 Å². The lowest BCUT2D eigenvalue weighted by molar-refractivity contribution is -0.156. The van der Waals surface area contributed by atoms with E-state index in [0.29, 0.717) is 19.3 Å². The Morgan fingerprint density at radius 3 is 2.54 bits per heavy atom. The number of cyclic esters (lactones) is 1. The van der Waals surface area contributed by atoms with E-state index in [1.807, 2.05) is 63.3 Å². The van der Waals surface area contributed by atoms with Gasteiger partial charge in [0.2, 0.25) is 0 Å².